The minimum absolute atomic E-state index is 0.0275. The zero-order valence-corrected chi connectivity index (χ0v) is 10.6. The predicted molar refractivity (Wildman–Crippen MR) is 61.6 cm³/mol. The van der Waals surface area contributed by atoms with E-state index in [2.05, 4.69) is 21.2 Å². The summed E-state index contributed by atoms with van der Waals surface area (Å²) in [5, 5.41) is 13.3. The molecule has 0 spiro atoms. The second-order valence-corrected chi connectivity index (χ2v) is 4.57. The molecule has 1 unspecified atom stereocenters. The molecule has 1 amide bonds. The van der Waals surface area contributed by atoms with Gasteiger partial charge in [0.05, 0.1) is 5.60 Å². The summed E-state index contributed by atoms with van der Waals surface area (Å²) in [4.78, 5) is 11.2. The second-order valence-electron chi connectivity index (χ2n) is 3.77. The Kier molecular flexibility index (Phi) is 7.19. The molecular weight excluding hydrogens is 246 g/mol. The third-order valence-corrected chi connectivity index (χ3v) is 2.78. The van der Waals surface area contributed by atoms with Gasteiger partial charge in [0, 0.05) is 18.3 Å². The number of nitrogens with one attached hydrogen (secondary N) is 1. The van der Waals surface area contributed by atoms with E-state index >= 15 is 0 Å². The van der Waals surface area contributed by atoms with Crippen molar-refractivity contribution in [3.05, 3.63) is 0 Å². The molecule has 0 saturated heterocycles. The molecule has 0 bridgehead atoms. The van der Waals surface area contributed by atoms with Crippen LogP contribution < -0.4 is 5.32 Å². The lowest BCUT2D eigenvalue weighted by Gasteiger charge is -2.21. The molecule has 84 valence electrons. The van der Waals surface area contributed by atoms with Crippen molar-refractivity contribution in [1.82, 2.24) is 5.32 Å². The fourth-order valence-corrected chi connectivity index (χ4v) is 1.28. The second kappa shape index (κ2) is 7.23. The molecule has 0 fully saturated rings. The Hall–Kier alpha value is -0.0900. The molecule has 4 heteroatoms. The van der Waals surface area contributed by atoms with Gasteiger partial charge in [0.25, 0.3) is 0 Å². The van der Waals surface area contributed by atoms with Gasteiger partial charge in [-0.25, -0.2) is 0 Å². The van der Waals surface area contributed by atoms with E-state index in [1.807, 2.05) is 6.92 Å². The Labute approximate surface area is 94.4 Å². The monoisotopic (exact) mass is 265 g/mol. The molecule has 0 heterocycles. The number of unbranched alkanes of at least 4 members (excludes halogenated alkanes) is 1. The van der Waals surface area contributed by atoms with Crippen LogP contribution >= 0.6 is 15.9 Å². The van der Waals surface area contributed by atoms with Crippen molar-refractivity contribution in [3.63, 3.8) is 0 Å². The number of carbonyl (C=O) groups excluding carboxylic acids is 1. The van der Waals surface area contributed by atoms with Gasteiger partial charge in [-0.15, -0.1) is 0 Å². The normalized spacial score (nSPS) is 14.9. The first-order chi connectivity index (χ1) is 6.52. The van der Waals surface area contributed by atoms with Crippen LogP contribution in [0.15, 0.2) is 0 Å². The molecule has 0 aromatic carbocycles. The number of amides is 1. The fourth-order valence-electron chi connectivity index (χ4n) is 0.882. The lowest BCUT2D eigenvalue weighted by Crippen LogP contribution is -2.39. The zero-order chi connectivity index (χ0) is 11.0. The van der Waals surface area contributed by atoms with Crippen molar-refractivity contribution in [3.8, 4) is 0 Å². The van der Waals surface area contributed by atoms with Gasteiger partial charge >= 0.3 is 0 Å². The quantitative estimate of drug-likeness (QED) is 0.545. The fraction of sp³-hybridized carbons (Fsp3) is 0.900. The minimum atomic E-state index is -0.773. The van der Waals surface area contributed by atoms with Crippen LogP contribution in [-0.2, 0) is 4.79 Å². The lowest BCUT2D eigenvalue weighted by atomic mass is 10.0. The SMILES string of the molecule is CCC(C)(O)CNC(=O)CCCCBr. The van der Waals surface area contributed by atoms with Crippen LogP contribution in [0.5, 0.6) is 0 Å². The van der Waals surface area contributed by atoms with Crippen LogP contribution in [0.3, 0.4) is 0 Å². The van der Waals surface area contributed by atoms with E-state index in [9.17, 15) is 9.90 Å². The summed E-state index contributed by atoms with van der Waals surface area (Å²) in [5.74, 6) is 0.0275. The number of rotatable bonds is 7. The van der Waals surface area contributed by atoms with E-state index in [1.54, 1.807) is 6.92 Å². The summed E-state index contributed by atoms with van der Waals surface area (Å²) in [6.07, 6.45) is 3.10. The maximum absolute atomic E-state index is 11.2. The van der Waals surface area contributed by atoms with Gasteiger partial charge in [0.1, 0.15) is 0 Å². The van der Waals surface area contributed by atoms with Crippen LogP contribution in [0.2, 0.25) is 0 Å². The Morgan fingerprint density at radius 2 is 2.14 bits per heavy atom. The van der Waals surface area contributed by atoms with Crippen LogP contribution in [0, 0.1) is 0 Å². The maximum Gasteiger partial charge on any atom is 0.220 e. The first kappa shape index (κ1) is 13.9. The largest absolute Gasteiger partial charge is 0.388 e. The van der Waals surface area contributed by atoms with Gasteiger partial charge in [0.2, 0.25) is 5.91 Å². The predicted octanol–water partition coefficient (Wildman–Crippen LogP) is 1.83. The van der Waals surface area contributed by atoms with Crippen LogP contribution in [-0.4, -0.2) is 28.5 Å². The van der Waals surface area contributed by atoms with Crippen LogP contribution in [0.4, 0.5) is 0 Å². The Morgan fingerprint density at radius 3 is 2.64 bits per heavy atom. The number of alkyl halides is 1. The molecule has 0 aromatic rings. The van der Waals surface area contributed by atoms with Crippen molar-refractivity contribution in [2.24, 2.45) is 0 Å². The molecule has 0 aliphatic rings. The van der Waals surface area contributed by atoms with Crippen molar-refractivity contribution >= 4 is 21.8 Å². The highest BCUT2D eigenvalue weighted by molar-refractivity contribution is 9.09. The maximum atomic E-state index is 11.2. The molecule has 0 radical (unpaired) electrons. The van der Waals surface area contributed by atoms with Crippen molar-refractivity contribution in [2.45, 2.75) is 45.1 Å². The van der Waals surface area contributed by atoms with Gasteiger partial charge < -0.3 is 10.4 Å². The van der Waals surface area contributed by atoms with Crippen LogP contribution in [0.25, 0.3) is 0 Å². The van der Waals surface area contributed by atoms with Gasteiger partial charge in [-0.1, -0.05) is 22.9 Å². The topological polar surface area (TPSA) is 49.3 Å². The number of halogens is 1. The van der Waals surface area contributed by atoms with E-state index in [4.69, 9.17) is 0 Å². The number of hydrogen-bond acceptors (Lipinski definition) is 2. The third-order valence-electron chi connectivity index (χ3n) is 2.22. The van der Waals surface area contributed by atoms with E-state index in [0.29, 0.717) is 19.4 Å². The first-order valence-electron chi connectivity index (χ1n) is 5.07. The molecular formula is C10H20BrNO2. The van der Waals surface area contributed by atoms with Crippen molar-refractivity contribution in [1.29, 1.82) is 0 Å². The summed E-state index contributed by atoms with van der Waals surface area (Å²) >= 11 is 3.31. The number of aliphatic hydroxyl groups is 1. The van der Waals surface area contributed by atoms with Gasteiger partial charge in [-0.3, -0.25) is 4.79 Å². The molecule has 3 nitrogen and oxygen atoms in total. The van der Waals surface area contributed by atoms with Gasteiger partial charge in [-0.05, 0) is 26.2 Å². The Bertz CT molecular complexity index is 172. The summed E-state index contributed by atoms with van der Waals surface area (Å²) in [7, 11) is 0. The van der Waals surface area contributed by atoms with Gasteiger partial charge in [-0.2, -0.15) is 0 Å². The zero-order valence-electron chi connectivity index (χ0n) is 8.98. The smallest absolute Gasteiger partial charge is 0.220 e. The van der Waals surface area contributed by atoms with E-state index in [1.165, 1.54) is 0 Å². The Balaban J connectivity index is 3.53. The molecule has 0 rings (SSSR count). The van der Waals surface area contributed by atoms with Gasteiger partial charge in [0.15, 0.2) is 0 Å². The average Bonchev–Trinajstić information content (AvgIpc) is 2.16. The number of carbonyl (C=O) groups is 1. The van der Waals surface area contributed by atoms with E-state index in [-0.39, 0.29) is 5.91 Å². The third kappa shape index (κ3) is 7.33. The highest BCUT2D eigenvalue weighted by Crippen LogP contribution is 2.06. The van der Waals surface area contributed by atoms with E-state index < -0.39 is 5.60 Å². The molecule has 1 atom stereocenters. The van der Waals surface area contributed by atoms with Crippen LogP contribution in [0.1, 0.15) is 39.5 Å². The lowest BCUT2D eigenvalue weighted by molar-refractivity contribution is -0.122. The average molecular weight is 266 g/mol. The highest BCUT2D eigenvalue weighted by Gasteiger charge is 2.17. The summed E-state index contributed by atoms with van der Waals surface area (Å²) < 4.78 is 0. The molecule has 0 aliphatic carbocycles. The molecule has 0 aliphatic heterocycles. The first-order valence-corrected chi connectivity index (χ1v) is 6.19. The van der Waals surface area contributed by atoms with Crippen molar-refractivity contribution in [2.75, 3.05) is 11.9 Å². The number of hydrogen-bond donors (Lipinski definition) is 2. The minimum Gasteiger partial charge on any atom is -0.388 e. The summed E-state index contributed by atoms with van der Waals surface area (Å²) in [6.45, 7) is 3.97. The van der Waals surface area contributed by atoms with Crippen molar-refractivity contribution < 1.29 is 9.90 Å². The van der Waals surface area contributed by atoms with E-state index in [0.717, 1.165) is 18.2 Å². The standard InChI is InChI=1S/C10H20BrNO2/c1-3-10(2,14)8-12-9(13)6-4-5-7-11/h14H,3-8H2,1-2H3,(H,12,13). The molecule has 0 saturated carbocycles. The summed E-state index contributed by atoms with van der Waals surface area (Å²) in [6, 6.07) is 0. The summed E-state index contributed by atoms with van der Waals surface area (Å²) in [5.41, 5.74) is -0.773. The molecule has 2 N–H and O–H groups in total. The highest BCUT2D eigenvalue weighted by atomic mass is 79.9. The molecule has 0 aromatic heterocycles. The Morgan fingerprint density at radius 1 is 1.50 bits per heavy atom. The molecule has 14 heavy (non-hydrogen) atoms.